The lowest BCUT2D eigenvalue weighted by atomic mass is 10.2. The predicted molar refractivity (Wildman–Crippen MR) is 122 cm³/mol. The molecule has 170 valence electrons. The summed E-state index contributed by atoms with van der Waals surface area (Å²) in [5, 5.41) is 2.90. The second-order valence-corrected chi connectivity index (χ2v) is 9.83. The molecule has 0 spiro atoms. The van der Waals surface area contributed by atoms with E-state index in [1.54, 1.807) is 0 Å². The number of carbonyl (C=O) groups excluding carboxylic acids is 1. The number of nitrogens with zero attached hydrogens (tertiary/aromatic N) is 2. The van der Waals surface area contributed by atoms with Gasteiger partial charge in [-0.05, 0) is 50.1 Å². The molecule has 0 aliphatic carbocycles. The van der Waals surface area contributed by atoms with Crippen LogP contribution in [0.5, 0.6) is 0 Å². The van der Waals surface area contributed by atoms with Crippen molar-refractivity contribution in [2.75, 3.05) is 19.7 Å². The molecule has 1 atom stereocenters. The van der Waals surface area contributed by atoms with Gasteiger partial charge in [0.1, 0.15) is 10.7 Å². The van der Waals surface area contributed by atoms with Crippen molar-refractivity contribution in [1.29, 1.82) is 0 Å². The first-order valence-corrected chi connectivity index (χ1v) is 12.3. The van der Waals surface area contributed by atoms with Crippen LogP contribution in [0.15, 0.2) is 47.4 Å². The highest BCUT2D eigenvalue weighted by Gasteiger charge is 2.23. The number of benzene rings is 2. The number of aryl methyl sites for hydroxylation is 1. The van der Waals surface area contributed by atoms with E-state index in [0.29, 0.717) is 19.7 Å². The van der Waals surface area contributed by atoms with Gasteiger partial charge in [0.25, 0.3) is 5.91 Å². The average molecular weight is 477 g/mol. The molecule has 0 saturated carbocycles. The molecule has 1 amide bonds. The summed E-state index contributed by atoms with van der Waals surface area (Å²) in [4.78, 5) is 17.1. The van der Waals surface area contributed by atoms with Crippen molar-refractivity contribution in [3.8, 4) is 0 Å². The smallest absolute Gasteiger partial charge is 0.251 e. The summed E-state index contributed by atoms with van der Waals surface area (Å²) in [5.41, 5.74) is 2.12. The van der Waals surface area contributed by atoms with E-state index in [1.807, 2.05) is 35.8 Å². The largest absolute Gasteiger partial charge is 0.377 e. The lowest BCUT2D eigenvalue weighted by molar-refractivity contribution is 0.0952. The summed E-state index contributed by atoms with van der Waals surface area (Å²) in [6.07, 6.45) is 1.58. The summed E-state index contributed by atoms with van der Waals surface area (Å²) >= 11 is 6.13. The molecular formula is C22H25ClN4O4S. The number of nitrogens with one attached hydrogen (secondary N) is 2. The fraction of sp³-hybridized carbons (Fsp3) is 0.364. The van der Waals surface area contributed by atoms with Crippen molar-refractivity contribution in [3.63, 3.8) is 0 Å². The molecule has 2 aromatic carbocycles. The van der Waals surface area contributed by atoms with Gasteiger partial charge >= 0.3 is 0 Å². The number of rotatable bonds is 8. The molecular weight excluding hydrogens is 452 g/mol. The lowest BCUT2D eigenvalue weighted by Crippen LogP contribution is -2.32. The predicted octanol–water partition coefficient (Wildman–Crippen LogP) is 2.89. The normalized spacial score (nSPS) is 16.5. The van der Waals surface area contributed by atoms with Gasteiger partial charge in [-0.25, -0.2) is 18.1 Å². The van der Waals surface area contributed by atoms with Gasteiger partial charge in [0.2, 0.25) is 10.0 Å². The Labute approximate surface area is 192 Å². The van der Waals surface area contributed by atoms with Crippen molar-refractivity contribution < 1.29 is 17.9 Å². The third-order valence-electron chi connectivity index (χ3n) is 5.47. The van der Waals surface area contributed by atoms with Crippen LogP contribution in [-0.2, 0) is 21.3 Å². The van der Waals surface area contributed by atoms with Gasteiger partial charge in [0, 0.05) is 31.8 Å². The summed E-state index contributed by atoms with van der Waals surface area (Å²) in [6, 6.07) is 12.0. The van der Waals surface area contributed by atoms with Gasteiger partial charge in [-0.3, -0.25) is 4.79 Å². The minimum absolute atomic E-state index is 0.0573. The monoisotopic (exact) mass is 476 g/mol. The first-order valence-electron chi connectivity index (χ1n) is 10.5. The van der Waals surface area contributed by atoms with Crippen molar-refractivity contribution in [2.45, 2.75) is 37.3 Å². The molecule has 2 heterocycles. The number of halogens is 1. The van der Waals surface area contributed by atoms with Gasteiger partial charge in [0.15, 0.2) is 0 Å². The number of sulfonamides is 1. The number of para-hydroxylation sites is 2. The van der Waals surface area contributed by atoms with Crippen LogP contribution in [0.2, 0.25) is 5.02 Å². The molecule has 0 unspecified atom stereocenters. The molecule has 3 aromatic rings. The van der Waals surface area contributed by atoms with E-state index in [0.717, 1.165) is 29.7 Å². The zero-order valence-corrected chi connectivity index (χ0v) is 19.2. The molecule has 0 radical (unpaired) electrons. The Morgan fingerprint density at radius 2 is 2.09 bits per heavy atom. The zero-order valence-electron chi connectivity index (χ0n) is 17.7. The van der Waals surface area contributed by atoms with Crippen molar-refractivity contribution >= 4 is 38.6 Å². The van der Waals surface area contributed by atoms with Crippen LogP contribution in [0.4, 0.5) is 0 Å². The number of imidazole rings is 1. The topological polar surface area (TPSA) is 102 Å². The number of aromatic nitrogens is 2. The third-order valence-corrected chi connectivity index (χ3v) is 7.38. The molecule has 10 heteroatoms. The van der Waals surface area contributed by atoms with Gasteiger partial charge in [-0.2, -0.15) is 0 Å². The van der Waals surface area contributed by atoms with Crippen LogP contribution in [0.3, 0.4) is 0 Å². The Morgan fingerprint density at radius 3 is 2.88 bits per heavy atom. The molecule has 1 fully saturated rings. The van der Waals surface area contributed by atoms with Crippen LogP contribution in [0.1, 0.15) is 29.0 Å². The Hall–Kier alpha value is -2.46. The van der Waals surface area contributed by atoms with Crippen LogP contribution in [0.25, 0.3) is 11.0 Å². The number of carbonyl (C=O) groups is 1. The second-order valence-electron chi connectivity index (χ2n) is 7.69. The summed E-state index contributed by atoms with van der Waals surface area (Å²) in [6.45, 7) is 3.63. The lowest BCUT2D eigenvalue weighted by Gasteiger charge is -2.13. The maximum absolute atomic E-state index is 12.7. The van der Waals surface area contributed by atoms with Crippen LogP contribution in [0, 0.1) is 6.92 Å². The van der Waals surface area contributed by atoms with Gasteiger partial charge in [-0.15, -0.1) is 0 Å². The quantitative estimate of drug-likeness (QED) is 0.520. The molecule has 32 heavy (non-hydrogen) atoms. The van der Waals surface area contributed by atoms with Crippen LogP contribution in [-0.4, -0.2) is 49.7 Å². The Morgan fingerprint density at radius 1 is 1.28 bits per heavy atom. The number of fused-ring (bicyclic) bond motifs is 1. The fourth-order valence-corrected chi connectivity index (χ4v) is 5.39. The minimum atomic E-state index is -3.87. The van der Waals surface area contributed by atoms with Crippen molar-refractivity contribution in [1.82, 2.24) is 19.6 Å². The summed E-state index contributed by atoms with van der Waals surface area (Å²) in [5.74, 6) is 0.483. The Balaban J connectivity index is 1.42. The first kappa shape index (κ1) is 22.7. The van der Waals surface area contributed by atoms with Crippen LogP contribution >= 0.6 is 11.6 Å². The summed E-state index contributed by atoms with van der Waals surface area (Å²) in [7, 11) is -3.87. The highest BCUT2D eigenvalue weighted by atomic mass is 35.5. The summed E-state index contributed by atoms with van der Waals surface area (Å²) < 4.78 is 35.5. The number of hydrogen-bond acceptors (Lipinski definition) is 5. The van der Waals surface area contributed by atoms with E-state index in [2.05, 4.69) is 15.0 Å². The average Bonchev–Trinajstić information content (AvgIpc) is 3.40. The van der Waals surface area contributed by atoms with E-state index < -0.39 is 10.0 Å². The van der Waals surface area contributed by atoms with E-state index in [9.17, 15) is 13.2 Å². The first-order chi connectivity index (χ1) is 15.3. The molecule has 1 aliphatic rings. The third kappa shape index (κ3) is 4.96. The van der Waals surface area contributed by atoms with E-state index >= 15 is 0 Å². The number of hydrogen-bond donors (Lipinski definition) is 2. The molecule has 1 aliphatic heterocycles. The number of ether oxygens (including phenoxy) is 1. The number of amides is 1. The molecule has 1 saturated heterocycles. The van der Waals surface area contributed by atoms with Crippen molar-refractivity contribution in [2.24, 2.45) is 0 Å². The molecule has 1 aromatic heterocycles. The SMILES string of the molecule is Cc1nc2ccccc2n1CCNC(=O)c1ccc(Cl)c(S(=O)(=O)NC[C@H]2CCCO2)c1. The Kier molecular flexibility index (Phi) is 6.80. The molecule has 2 N–H and O–H groups in total. The van der Waals surface area contributed by atoms with E-state index in [-0.39, 0.29) is 34.0 Å². The Bertz CT molecular complexity index is 1240. The second kappa shape index (κ2) is 9.58. The maximum atomic E-state index is 12.7. The molecule has 0 bridgehead atoms. The van der Waals surface area contributed by atoms with E-state index in [1.165, 1.54) is 18.2 Å². The van der Waals surface area contributed by atoms with Gasteiger partial charge < -0.3 is 14.6 Å². The standard InChI is InChI=1S/C22H25ClN4O4S/c1-15-26-19-6-2-3-7-20(19)27(15)11-10-24-22(28)16-8-9-18(23)21(13-16)32(29,30)25-14-17-5-4-12-31-17/h2-3,6-9,13,17,25H,4-5,10-12,14H2,1H3,(H,24,28)/t17-/m1/s1. The molecule has 8 nitrogen and oxygen atoms in total. The van der Waals surface area contributed by atoms with E-state index in [4.69, 9.17) is 16.3 Å². The zero-order chi connectivity index (χ0) is 22.7. The fourth-order valence-electron chi connectivity index (χ4n) is 3.80. The molecule has 4 rings (SSSR count). The minimum Gasteiger partial charge on any atom is -0.377 e. The van der Waals surface area contributed by atoms with Crippen molar-refractivity contribution in [3.05, 3.63) is 58.9 Å². The maximum Gasteiger partial charge on any atom is 0.251 e. The highest BCUT2D eigenvalue weighted by Crippen LogP contribution is 2.23. The van der Waals surface area contributed by atoms with Gasteiger partial charge in [0.05, 0.1) is 22.2 Å². The van der Waals surface area contributed by atoms with Crippen LogP contribution < -0.4 is 10.0 Å². The van der Waals surface area contributed by atoms with Gasteiger partial charge in [-0.1, -0.05) is 23.7 Å². The highest BCUT2D eigenvalue weighted by molar-refractivity contribution is 7.89.